The number of para-hydroxylation sites is 1. The number of methoxy groups -OCH3 is 2. The minimum atomic E-state index is -4.15. The minimum absolute atomic E-state index is 0.0153. The van der Waals surface area contributed by atoms with E-state index in [-0.39, 0.29) is 16.6 Å². The largest absolute Gasteiger partial charge is 0.493 e. The van der Waals surface area contributed by atoms with Crippen LogP contribution in [0.2, 0.25) is 5.02 Å². The van der Waals surface area contributed by atoms with Crippen molar-refractivity contribution < 1.29 is 17.9 Å². The lowest BCUT2D eigenvalue weighted by Crippen LogP contribution is -2.22. The number of guanidine groups is 1. The first-order valence-electron chi connectivity index (χ1n) is 10.7. The molecule has 0 unspecified atom stereocenters. The number of rotatable bonds is 7. The van der Waals surface area contributed by atoms with Gasteiger partial charge in [-0.1, -0.05) is 41.9 Å². The van der Waals surface area contributed by atoms with Gasteiger partial charge in [0.25, 0.3) is 10.0 Å². The predicted octanol–water partition coefficient (Wildman–Crippen LogP) is 4.21. The highest BCUT2D eigenvalue weighted by Gasteiger charge is 2.29. The van der Waals surface area contributed by atoms with Crippen molar-refractivity contribution in [1.29, 1.82) is 0 Å². The fraction of sp³-hybridized carbons (Fsp3) is 0.120. The summed E-state index contributed by atoms with van der Waals surface area (Å²) in [5.74, 6) is 0.477. The molecule has 4 aromatic rings. The van der Waals surface area contributed by atoms with Crippen LogP contribution in [0.5, 0.6) is 11.5 Å². The van der Waals surface area contributed by atoms with E-state index in [1.54, 1.807) is 49.4 Å². The van der Waals surface area contributed by atoms with Gasteiger partial charge in [-0.25, -0.2) is 12.4 Å². The fourth-order valence-corrected chi connectivity index (χ4v) is 5.65. The number of benzene rings is 3. The summed E-state index contributed by atoms with van der Waals surface area (Å²) < 4.78 is 40.3. The Labute approximate surface area is 213 Å². The zero-order valence-electron chi connectivity index (χ0n) is 19.8. The van der Waals surface area contributed by atoms with Gasteiger partial charge in [0.1, 0.15) is 0 Å². The van der Waals surface area contributed by atoms with Crippen LogP contribution < -0.4 is 20.9 Å². The number of hydrogen-bond acceptors (Lipinski definition) is 6. The monoisotopic (exact) mass is 525 g/mol. The number of halogens is 1. The smallest absolute Gasteiger partial charge is 0.268 e. The molecule has 0 amide bonds. The summed E-state index contributed by atoms with van der Waals surface area (Å²) in [6.45, 7) is 1.71. The van der Waals surface area contributed by atoms with E-state index >= 15 is 0 Å². The molecule has 3 aromatic carbocycles. The van der Waals surface area contributed by atoms with Gasteiger partial charge in [0.15, 0.2) is 11.5 Å². The van der Waals surface area contributed by atoms with Gasteiger partial charge < -0.3 is 20.9 Å². The highest BCUT2D eigenvalue weighted by molar-refractivity contribution is 7.90. The van der Waals surface area contributed by atoms with Crippen molar-refractivity contribution in [3.05, 3.63) is 77.3 Å². The van der Waals surface area contributed by atoms with Crippen molar-refractivity contribution in [2.45, 2.75) is 11.8 Å². The quantitative estimate of drug-likeness (QED) is 0.211. The van der Waals surface area contributed by atoms with Gasteiger partial charge in [-0.3, -0.25) is 0 Å². The minimum Gasteiger partial charge on any atom is -0.493 e. The van der Waals surface area contributed by atoms with Crippen molar-refractivity contribution >= 4 is 44.2 Å². The molecule has 0 radical (unpaired) electrons. The number of aromatic nitrogens is 1. The summed E-state index contributed by atoms with van der Waals surface area (Å²) in [5.41, 5.74) is 13.4. The van der Waals surface area contributed by atoms with Crippen LogP contribution in [0.1, 0.15) is 12.5 Å². The third kappa shape index (κ3) is 4.48. The van der Waals surface area contributed by atoms with Crippen LogP contribution in [-0.4, -0.2) is 38.3 Å². The van der Waals surface area contributed by atoms with E-state index in [4.69, 9.17) is 32.5 Å². The summed E-state index contributed by atoms with van der Waals surface area (Å²) in [6, 6.07) is 18.4. The zero-order chi connectivity index (χ0) is 26.0. The maximum Gasteiger partial charge on any atom is 0.268 e. The standard InChI is InChI=1S/C25H24ClN5O4S/c1-15(29-30-25(27)28)23-19-6-4-5-7-20(19)31(24(23)16-8-10-17(26)11-9-16)36(32,33)18-12-13-21(34-2)22(14-18)35-3/h4-14H,1-3H3,(H4,27,28,30). The Morgan fingerprint density at radius 1 is 0.917 bits per heavy atom. The molecule has 4 N–H and O–H groups in total. The molecule has 11 heteroatoms. The van der Waals surface area contributed by atoms with Gasteiger partial charge in [-0.2, -0.15) is 5.10 Å². The molecule has 0 saturated heterocycles. The molecule has 186 valence electrons. The SMILES string of the molecule is COc1ccc(S(=O)(=O)n2c(-c3ccc(Cl)cc3)c(C(C)=NN=C(N)N)c3ccccc32)cc1OC. The number of hydrogen-bond donors (Lipinski definition) is 2. The Kier molecular flexibility index (Phi) is 6.91. The number of fused-ring (bicyclic) bond motifs is 1. The third-order valence-corrected chi connectivity index (χ3v) is 7.48. The average molecular weight is 526 g/mol. The molecule has 36 heavy (non-hydrogen) atoms. The van der Waals surface area contributed by atoms with Gasteiger partial charge in [-0.05, 0) is 37.3 Å². The second kappa shape index (κ2) is 9.92. The average Bonchev–Trinajstić information content (AvgIpc) is 3.23. The van der Waals surface area contributed by atoms with Crippen molar-refractivity contribution in [3.8, 4) is 22.8 Å². The molecule has 9 nitrogen and oxygen atoms in total. The van der Waals surface area contributed by atoms with Crippen molar-refractivity contribution in [2.24, 2.45) is 21.7 Å². The van der Waals surface area contributed by atoms with E-state index in [9.17, 15) is 8.42 Å². The normalized spacial score (nSPS) is 11.9. The summed E-state index contributed by atoms with van der Waals surface area (Å²) >= 11 is 6.13. The highest BCUT2D eigenvalue weighted by atomic mass is 35.5. The van der Waals surface area contributed by atoms with E-state index in [1.807, 2.05) is 12.1 Å². The van der Waals surface area contributed by atoms with E-state index in [1.165, 1.54) is 30.3 Å². The van der Waals surface area contributed by atoms with Crippen LogP contribution in [0.3, 0.4) is 0 Å². The molecule has 0 aliphatic rings. The van der Waals surface area contributed by atoms with Crippen LogP contribution in [0.25, 0.3) is 22.2 Å². The molecule has 1 aromatic heterocycles. The fourth-order valence-electron chi connectivity index (χ4n) is 3.96. The number of nitrogens with zero attached hydrogens (tertiary/aromatic N) is 3. The first kappa shape index (κ1) is 25.1. The predicted molar refractivity (Wildman–Crippen MR) is 143 cm³/mol. The Morgan fingerprint density at radius 2 is 1.58 bits per heavy atom. The molecule has 0 aliphatic heterocycles. The molecule has 4 rings (SSSR count). The van der Waals surface area contributed by atoms with E-state index in [2.05, 4.69) is 10.2 Å². The lowest BCUT2D eigenvalue weighted by atomic mass is 10.0. The molecule has 0 aliphatic carbocycles. The Bertz CT molecular complexity index is 1610. The van der Waals surface area contributed by atoms with Crippen LogP contribution >= 0.6 is 11.6 Å². The Morgan fingerprint density at radius 3 is 2.22 bits per heavy atom. The van der Waals surface area contributed by atoms with Crippen LogP contribution in [-0.2, 0) is 10.0 Å². The van der Waals surface area contributed by atoms with Gasteiger partial charge in [0.2, 0.25) is 5.96 Å². The Hall–Kier alpha value is -4.02. The second-order valence-corrected chi connectivity index (χ2v) is 9.97. The molecule has 0 saturated carbocycles. The second-order valence-electron chi connectivity index (χ2n) is 7.74. The van der Waals surface area contributed by atoms with Crippen molar-refractivity contribution in [3.63, 3.8) is 0 Å². The van der Waals surface area contributed by atoms with E-state index < -0.39 is 10.0 Å². The molecule has 0 bridgehead atoms. The van der Waals surface area contributed by atoms with Gasteiger partial charge in [-0.15, -0.1) is 5.10 Å². The van der Waals surface area contributed by atoms with Gasteiger partial charge in [0, 0.05) is 27.6 Å². The molecular weight excluding hydrogens is 502 g/mol. The molecule has 0 fully saturated rings. The lowest BCUT2D eigenvalue weighted by molar-refractivity contribution is 0.354. The van der Waals surface area contributed by atoms with E-state index in [0.29, 0.717) is 44.2 Å². The topological polar surface area (TPSA) is 134 Å². The third-order valence-electron chi connectivity index (χ3n) is 5.52. The summed E-state index contributed by atoms with van der Waals surface area (Å²) in [4.78, 5) is 0.0153. The molecule has 0 atom stereocenters. The number of ether oxygens (including phenoxy) is 2. The van der Waals surface area contributed by atoms with Crippen molar-refractivity contribution in [1.82, 2.24) is 3.97 Å². The summed E-state index contributed by atoms with van der Waals surface area (Å²) in [5, 5.41) is 9.09. The Balaban J connectivity index is 2.13. The van der Waals surface area contributed by atoms with E-state index in [0.717, 1.165) is 0 Å². The first-order chi connectivity index (χ1) is 17.2. The van der Waals surface area contributed by atoms with Crippen LogP contribution in [0.4, 0.5) is 0 Å². The molecule has 1 heterocycles. The molecule has 0 spiro atoms. The van der Waals surface area contributed by atoms with Crippen LogP contribution in [0, 0.1) is 0 Å². The summed E-state index contributed by atoms with van der Waals surface area (Å²) in [6.07, 6.45) is 0. The highest BCUT2D eigenvalue weighted by Crippen LogP contribution is 2.39. The lowest BCUT2D eigenvalue weighted by Gasteiger charge is -2.15. The maximum atomic E-state index is 14.2. The molecular formula is C25H24ClN5O4S. The van der Waals surface area contributed by atoms with Crippen molar-refractivity contribution in [2.75, 3.05) is 14.2 Å². The maximum absolute atomic E-state index is 14.2. The summed E-state index contributed by atoms with van der Waals surface area (Å²) in [7, 11) is -1.22. The van der Waals surface area contributed by atoms with Gasteiger partial charge in [0.05, 0.1) is 36.0 Å². The first-order valence-corrected chi connectivity index (χ1v) is 12.5. The zero-order valence-corrected chi connectivity index (χ0v) is 21.3. The van der Waals surface area contributed by atoms with Gasteiger partial charge >= 0.3 is 0 Å². The number of nitrogens with two attached hydrogens (primary N) is 2. The van der Waals surface area contributed by atoms with Crippen LogP contribution in [0.15, 0.2) is 81.8 Å².